The Morgan fingerprint density at radius 1 is 1.19 bits per heavy atom. The van der Waals surface area contributed by atoms with Gasteiger partial charge in [0.2, 0.25) is 5.91 Å². The molecule has 0 aromatic rings. The van der Waals surface area contributed by atoms with E-state index in [2.05, 4.69) is 28.8 Å². The molecule has 0 aliphatic carbocycles. The molecule has 0 bridgehead atoms. The number of likely N-dealkylation sites (tertiary alicyclic amines) is 2. The molecule has 5 nitrogen and oxygen atoms in total. The highest BCUT2D eigenvalue weighted by Crippen LogP contribution is 2.30. The number of hydrogen-bond acceptors (Lipinski definition) is 4. The number of morpholine rings is 1. The molecule has 1 unspecified atom stereocenters. The van der Waals surface area contributed by atoms with Gasteiger partial charge in [-0.3, -0.25) is 4.79 Å². The highest BCUT2D eigenvalue weighted by atomic mass is 16.5. The van der Waals surface area contributed by atoms with E-state index >= 15 is 0 Å². The highest BCUT2D eigenvalue weighted by molar-refractivity contribution is 5.77. The van der Waals surface area contributed by atoms with Crippen molar-refractivity contribution in [1.29, 1.82) is 0 Å². The van der Waals surface area contributed by atoms with Crippen LogP contribution in [-0.2, 0) is 9.53 Å². The van der Waals surface area contributed by atoms with E-state index < -0.39 is 0 Å². The largest absolute Gasteiger partial charge is 0.371 e. The number of hydrogen-bond donors (Lipinski definition) is 0. The average molecular weight is 295 g/mol. The number of ether oxygens (including phenoxy) is 1. The van der Waals surface area contributed by atoms with Gasteiger partial charge in [-0.05, 0) is 46.3 Å². The summed E-state index contributed by atoms with van der Waals surface area (Å²) in [5.41, 5.74) is -0.0675. The fourth-order valence-corrected chi connectivity index (χ4v) is 3.95. The van der Waals surface area contributed by atoms with Crippen LogP contribution in [0.5, 0.6) is 0 Å². The summed E-state index contributed by atoms with van der Waals surface area (Å²) in [5, 5.41) is 0. The van der Waals surface area contributed by atoms with Gasteiger partial charge in [0.05, 0.1) is 12.2 Å². The molecule has 0 saturated carbocycles. The first-order valence-electron chi connectivity index (χ1n) is 8.39. The summed E-state index contributed by atoms with van der Waals surface area (Å²) >= 11 is 0. The third kappa shape index (κ3) is 3.41. The van der Waals surface area contributed by atoms with Crippen LogP contribution in [0.25, 0.3) is 0 Å². The molecule has 5 heteroatoms. The van der Waals surface area contributed by atoms with Gasteiger partial charge in [-0.2, -0.15) is 0 Å². The first kappa shape index (κ1) is 15.3. The van der Waals surface area contributed by atoms with E-state index in [9.17, 15) is 4.79 Å². The molecule has 120 valence electrons. The van der Waals surface area contributed by atoms with Crippen LogP contribution in [0.2, 0.25) is 0 Å². The third-order valence-corrected chi connectivity index (χ3v) is 5.58. The summed E-state index contributed by atoms with van der Waals surface area (Å²) in [7, 11) is 4.30. The van der Waals surface area contributed by atoms with Crippen molar-refractivity contribution in [2.75, 3.05) is 53.4 Å². The van der Waals surface area contributed by atoms with Crippen molar-refractivity contribution >= 4 is 5.91 Å². The summed E-state index contributed by atoms with van der Waals surface area (Å²) in [6, 6.07) is 0.453. The molecule has 1 atom stereocenters. The van der Waals surface area contributed by atoms with Crippen LogP contribution in [0, 0.1) is 0 Å². The van der Waals surface area contributed by atoms with Crippen LogP contribution in [0.1, 0.15) is 32.1 Å². The normalized spacial score (nSPS) is 31.0. The number of nitrogens with zero attached hydrogens (tertiary/aromatic N) is 3. The van der Waals surface area contributed by atoms with Crippen molar-refractivity contribution in [2.24, 2.45) is 0 Å². The van der Waals surface area contributed by atoms with E-state index in [1.807, 2.05) is 0 Å². The van der Waals surface area contributed by atoms with E-state index in [0.717, 1.165) is 45.6 Å². The predicted molar refractivity (Wildman–Crippen MR) is 82.3 cm³/mol. The Hall–Kier alpha value is -0.650. The monoisotopic (exact) mass is 295 g/mol. The summed E-state index contributed by atoms with van der Waals surface area (Å²) in [5.74, 6) is 0.329. The maximum atomic E-state index is 12.6. The Labute approximate surface area is 128 Å². The molecule has 3 aliphatic heterocycles. The Balaban J connectivity index is 1.56. The number of carbonyl (C=O) groups is 1. The number of amides is 1. The minimum absolute atomic E-state index is 0.0675. The molecule has 3 saturated heterocycles. The fourth-order valence-electron chi connectivity index (χ4n) is 3.95. The van der Waals surface area contributed by atoms with Crippen LogP contribution in [0.15, 0.2) is 0 Å². The van der Waals surface area contributed by atoms with Crippen molar-refractivity contribution in [3.05, 3.63) is 0 Å². The summed E-state index contributed by atoms with van der Waals surface area (Å²) < 4.78 is 6.10. The van der Waals surface area contributed by atoms with E-state index in [1.54, 1.807) is 0 Å². The average Bonchev–Trinajstić information content (AvgIpc) is 2.88. The Morgan fingerprint density at radius 2 is 1.95 bits per heavy atom. The first-order chi connectivity index (χ1) is 10.1. The Bertz CT molecular complexity index is 380. The van der Waals surface area contributed by atoms with Crippen molar-refractivity contribution in [1.82, 2.24) is 14.7 Å². The van der Waals surface area contributed by atoms with E-state index in [-0.39, 0.29) is 5.60 Å². The number of piperidine rings is 1. The second-order valence-electron chi connectivity index (χ2n) is 7.13. The number of carbonyl (C=O) groups excluding carboxylic acids is 1. The zero-order valence-electron chi connectivity index (χ0n) is 13.5. The maximum absolute atomic E-state index is 12.6. The lowest BCUT2D eigenvalue weighted by Crippen LogP contribution is -2.58. The lowest BCUT2D eigenvalue weighted by Gasteiger charge is -2.47. The van der Waals surface area contributed by atoms with E-state index in [0.29, 0.717) is 25.0 Å². The first-order valence-corrected chi connectivity index (χ1v) is 8.39. The van der Waals surface area contributed by atoms with Crippen molar-refractivity contribution < 1.29 is 9.53 Å². The van der Waals surface area contributed by atoms with Crippen LogP contribution in [0.4, 0.5) is 0 Å². The Kier molecular flexibility index (Phi) is 4.52. The molecule has 1 spiro atoms. The van der Waals surface area contributed by atoms with Gasteiger partial charge in [0, 0.05) is 38.6 Å². The minimum atomic E-state index is -0.0675. The fraction of sp³-hybridized carbons (Fsp3) is 0.938. The van der Waals surface area contributed by atoms with Crippen molar-refractivity contribution in [3.63, 3.8) is 0 Å². The summed E-state index contributed by atoms with van der Waals surface area (Å²) in [6.07, 6.45) is 5.19. The second kappa shape index (κ2) is 6.23. The topological polar surface area (TPSA) is 36.0 Å². The molecule has 0 aromatic heterocycles. The molecule has 3 fully saturated rings. The summed E-state index contributed by atoms with van der Waals surface area (Å²) in [4.78, 5) is 19.4. The standard InChI is InChI=1S/C16H29N3O2/c1-17-8-5-16(6-9-17)13-19(10-11-21-16)15(20)12-14-4-3-7-18(14)2/h14H,3-13H2,1-2H3. The van der Waals surface area contributed by atoms with Crippen LogP contribution in [-0.4, -0.2) is 85.7 Å². The smallest absolute Gasteiger partial charge is 0.224 e. The zero-order chi connectivity index (χ0) is 14.9. The maximum Gasteiger partial charge on any atom is 0.224 e. The van der Waals surface area contributed by atoms with Crippen LogP contribution >= 0.6 is 0 Å². The Morgan fingerprint density at radius 3 is 2.62 bits per heavy atom. The van der Waals surface area contributed by atoms with E-state index in [1.165, 1.54) is 12.8 Å². The van der Waals surface area contributed by atoms with Gasteiger partial charge in [0.1, 0.15) is 0 Å². The van der Waals surface area contributed by atoms with Gasteiger partial charge in [-0.25, -0.2) is 0 Å². The summed E-state index contributed by atoms with van der Waals surface area (Å²) in [6.45, 7) is 5.57. The van der Waals surface area contributed by atoms with Gasteiger partial charge >= 0.3 is 0 Å². The number of rotatable bonds is 2. The molecule has 21 heavy (non-hydrogen) atoms. The SMILES string of the molecule is CN1CCC2(CC1)CN(C(=O)CC1CCCN1C)CCO2. The highest BCUT2D eigenvalue weighted by Gasteiger charge is 2.40. The van der Waals surface area contributed by atoms with Crippen molar-refractivity contribution in [3.8, 4) is 0 Å². The van der Waals surface area contributed by atoms with Gasteiger partial charge in [0.25, 0.3) is 0 Å². The van der Waals surface area contributed by atoms with Crippen LogP contribution in [0.3, 0.4) is 0 Å². The molecule has 0 aromatic carbocycles. The molecule has 3 heterocycles. The predicted octanol–water partition coefficient (Wildman–Crippen LogP) is 0.794. The van der Waals surface area contributed by atoms with Gasteiger partial charge in [-0.15, -0.1) is 0 Å². The minimum Gasteiger partial charge on any atom is -0.371 e. The molecule has 3 aliphatic rings. The lowest BCUT2D eigenvalue weighted by molar-refractivity contribution is -0.159. The molecule has 1 amide bonds. The molecule has 3 rings (SSSR count). The zero-order valence-corrected chi connectivity index (χ0v) is 13.5. The third-order valence-electron chi connectivity index (χ3n) is 5.58. The van der Waals surface area contributed by atoms with Gasteiger partial charge < -0.3 is 19.4 Å². The van der Waals surface area contributed by atoms with Gasteiger partial charge in [0.15, 0.2) is 0 Å². The molecule has 0 radical (unpaired) electrons. The molecule has 0 N–H and O–H groups in total. The van der Waals surface area contributed by atoms with Crippen LogP contribution < -0.4 is 0 Å². The quantitative estimate of drug-likeness (QED) is 0.755. The van der Waals surface area contributed by atoms with Gasteiger partial charge in [-0.1, -0.05) is 0 Å². The van der Waals surface area contributed by atoms with Crippen molar-refractivity contribution in [2.45, 2.75) is 43.7 Å². The second-order valence-corrected chi connectivity index (χ2v) is 7.13. The molecular formula is C16H29N3O2. The lowest BCUT2D eigenvalue weighted by atomic mass is 9.89. The van der Waals surface area contributed by atoms with E-state index in [4.69, 9.17) is 4.74 Å². The molecular weight excluding hydrogens is 266 g/mol.